The van der Waals surface area contributed by atoms with Crippen LogP contribution in [0.15, 0.2) is 9.66 Å². The highest BCUT2D eigenvalue weighted by Gasteiger charge is 2.61. The van der Waals surface area contributed by atoms with Crippen LogP contribution in [-0.4, -0.2) is 43.6 Å². The van der Waals surface area contributed by atoms with E-state index in [9.17, 15) is 5.11 Å². The quantitative estimate of drug-likeness (QED) is 0.506. The summed E-state index contributed by atoms with van der Waals surface area (Å²) in [4.78, 5) is 0. The lowest BCUT2D eigenvalue weighted by atomic mass is 10.0. The maximum absolute atomic E-state index is 11.0. The fraction of sp³-hybridized carbons (Fsp3) is 0.882. The highest BCUT2D eigenvalue weighted by molar-refractivity contribution is 14.1. The molecule has 2 fully saturated rings. The van der Waals surface area contributed by atoms with Crippen LogP contribution in [-0.2, 0) is 13.9 Å². The van der Waals surface area contributed by atoms with Crippen molar-refractivity contribution in [1.29, 1.82) is 0 Å². The van der Waals surface area contributed by atoms with E-state index in [4.69, 9.17) is 13.9 Å². The Morgan fingerprint density at radius 1 is 1.30 bits per heavy atom. The summed E-state index contributed by atoms with van der Waals surface area (Å²) in [6.45, 7) is 11.5. The summed E-state index contributed by atoms with van der Waals surface area (Å²) < 4.78 is 19.9. The Morgan fingerprint density at radius 3 is 2.48 bits per heavy atom. The molecular formula is C17H29IO4Si. The van der Waals surface area contributed by atoms with Gasteiger partial charge in [-0.25, -0.2) is 0 Å². The van der Waals surface area contributed by atoms with Gasteiger partial charge >= 0.3 is 0 Å². The van der Waals surface area contributed by atoms with Gasteiger partial charge in [-0.05, 0) is 59.6 Å². The standard InChI is InChI=1S/C17H29IO4Si/c1-15(2,3)23(4,5)21-12-10-13(18)17(14(12)19)11-20-16(22-17)8-6-7-9-16/h10,12,14,19H,6-9,11H2,1-5H3/t12-,14+,17-/m0/s1. The maximum Gasteiger partial charge on any atom is 0.193 e. The van der Waals surface area contributed by atoms with Gasteiger partial charge in [-0.2, -0.15) is 0 Å². The second kappa shape index (κ2) is 5.77. The largest absolute Gasteiger partial charge is 0.408 e. The van der Waals surface area contributed by atoms with Gasteiger partial charge in [0.15, 0.2) is 19.7 Å². The van der Waals surface area contributed by atoms with Crippen molar-refractivity contribution in [2.75, 3.05) is 6.61 Å². The first-order chi connectivity index (χ1) is 10.5. The minimum absolute atomic E-state index is 0.113. The SMILES string of the molecule is CC(C)(C)[Si](C)(C)O[C@H]1C=C(I)[C@@]2(COC3(CCCC3)O2)[C@@H]1O. The van der Waals surface area contributed by atoms with E-state index in [1.54, 1.807) is 0 Å². The lowest BCUT2D eigenvalue weighted by molar-refractivity contribution is -0.192. The molecule has 2 spiro atoms. The zero-order valence-corrected chi connectivity index (χ0v) is 18.0. The van der Waals surface area contributed by atoms with E-state index in [1.807, 2.05) is 6.08 Å². The van der Waals surface area contributed by atoms with Gasteiger partial charge in [0.05, 0.1) is 12.7 Å². The first-order valence-corrected chi connectivity index (χ1v) is 12.6. The topological polar surface area (TPSA) is 47.9 Å². The molecule has 0 unspecified atom stereocenters. The Labute approximate surface area is 154 Å². The number of hydrogen-bond acceptors (Lipinski definition) is 4. The third-order valence-electron chi connectivity index (χ3n) is 6.02. The minimum atomic E-state index is -1.95. The number of rotatable bonds is 2. The van der Waals surface area contributed by atoms with Gasteiger partial charge in [0.1, 0.15) is 6.10 Å². The van der Waals surface area contributed by atoms with Crippen LogP contribution in [0, 0.1) is 0 Å². The molecule has 3 atom stereocenters. The minimum Gasteiger partial charge on any atom is -0.408 e. The van der Waals surface area contributed by atoms with Crippen LogP contribution in [0.25, 0.3) is 0 Å². The zero-order valence-electron chi connectivity index (χ0n) is 14.8. The van der Waals surface area contributed by atoms with E-state index in [2.05, 4.69) is 56.5 Å². The first kappa shape index (κ1) is 18.3. The molecule has 0 aromatic heterocycles. The fourth-order valence-electron chi connectivity index (χ4n) is 3.45. The van der Waals surface area contributed by atoms with Crippen molar-refractivity contribution in [3.63, 3.8) is 0 Å². The lowest BCUT2D eigenvalue weighted by Crippen LogP contribution is -2.52. The first-order valence-electron chi connectivity index (χ1n) is 8.59. The fourth-order valence-corrected chi connectivity index (χ4v) is 5.62. The second-order valence-corrected chi connectivity index (χ2v) is 14.6. The molecule has 2 aliphatic carbocycles. The molecule has 3 aliphatic rings. The maximum atomic E-state index is 11.0. The number of ether oxygens (including phenoxy) is 2. The van der Waals surface area contributed by atoms with Gasteiger partial charge in [-0.3, -0.25) is 0 Å². The molecule has 0 aromatic rings. The number of halogens is 1. The predicted octanol–water partition coefficient (Wildman–Crippen LogP) is 4.13. The molecule has 0 aromatic carbocycles. The Kier molecular flexibility index (Phi) is 4.60. The third kappa shape index (κ3) is 2.97. The lowest BCUT2D eigenvalue weighted by Gasteiger charge is -2.40. The van der Waals surface area contributed by atoms with Gasteiger partial charge in [0, 0.05) is 16.4 Å². The average molecular weight is 452 g/mol. The Balaban J connectivity index is 1.79. The van der Waals surface area contributed by atoms with Gasteiger partial charge < -0.3 is 19.0 Å². The molecule has 0 amide bonds. The molecular weight excluding hydrogens is 423 g/mol. The molecule has 3 rings (SSSR count). The Morgan fingerprint density at radius 2 is 1.91 bits per heavy atom. The smallest absolute Gasteiger partial charge is 0.193 e. The van der Waals surface area contributed by atoms with Crippen LogP contribution < -0.4 is 0 Å². The Bertz CT molecular complexity index is 507. The van der Waals surface area contributed by atoms with Crippen LogP contribution in [0.5, 0.6) is 0 Å². The summed E-state index contributed by atoms with van der Waals surface area (Å²) in [5, 5.41) is 11.1. The van der Waals surface area contributed by atoms with Crippen molar-refractivity contribution in [2.45, 2.75) is 88.2 Å². The normalized spacial score (nSPS) is 37.1. The van der Waals surface area contributed by atoms with Crippen molar-refractivity contribution < 1.29 is 19.0 Å². The number of hydrogen-bond donors (Lipinski definition) is 1. The Hall–Kier alpha value is 0.527. The molecule has 0 bridgehead atoms. The average Bonchev–Trinajstić information content (AvgIpc) is 3.09. The summed E-state index contributed by atoms with van der Waals surface area (Å²) in [6, 6.07) is 0. The summed E-state index contributed by atoms with van der Waals surface area (Å²) in [7, 11) is -1.95. The summed E-state index contributed by atoms with van der Waals surface area (Å²) in [5.74, 6) is -0.475. The van der Waals surface area contributed by atoms with Crippen molar-refractivity contribution in [2.24, 2.45) is 0 Å². The van der Waals surface area contributed by atoms with Gasteiger partial charge in [0.2, 0.25) is 0 Å². The van der Waals surface area contributed by atoms with Crippen LogP contribution in [0.3, 0.4) is 0 Å². The predicted molar refractivity (Wildman–Crippen MR) is 101 cm³/mol. The molecule has 1 aliphatic heterocycles. The van der Waals surface area contributed by atoms with Crippen LogP contribution in [0.1, 0.15) is 46.5 Å². The van der Waals surface area contributed by atoms with Gasteiger partial charge in [-0.15, -0.1) is 0 Å². The summed E-state index contributed by atoms with van der Waals surface area (Å²) in [5.41, 5.74) is -0.724. The molecule has 1 saturated heterocycles. The molecule has 1 heterocycles. The van der Waals surface area contributed by atoms with E-state index in [1.165, 1.54) is 0 Å². The molecule has 4 nitrogen and oxygen atoms in total. The van der Waals surface area contributed by atoms with Crippen molar-refractivity contribution in [3.8, 4) is 0 Å². The van der Waals surface area contributed by atoms with Gasteiger partial charge in [-0.1, -0.05) is 20.8 Å². The van der Waals surface area contributed by atoms with E-state index in [0.29, 0.717) is 6.61 Å². The summed E-state index contributed by atoms with van der Waals surface area (Å²) in [6.07, 6.45) is 5.18. The van der Waals surface area contributed by atoms with Crippen molar-refractivity contribution >= 4 is 30.9 Å². The van der Waals surface area contributed by atoms with Crippen LogP contribution in [0.2, 0.25) is 18.1 Å². The second-order valence-electron chi connectivity index (χ2n) is 8.70. The van der Waals surface area contributed by atoms with E-state index >= 15 is 0 Å². The van der Waals surface area contributed by atoms with E-state index < -0.39 is 25.8 Å². The van der Waals surface area contributed by atoms with Gasteiger partial charge in [0.25, 0.3) is 0 Å². The van der Waals surface area contributed by atoms with E-state index in [0.717, 1.165) is 29.3 Å². The highest BCUT2D eigenvalue weighted by Crippen LogP contribution is 2.52. The molecule has 1 N–H and O–H groups in total. The molecule has 1 saturated carbocycles. The molecule has 132 valence electrons. The molecule has 6 heteroatoms. The highest BCUT2D eigenvalue weighted by atomic mass is 127. The number of aliphatic hydroxyl groups excluding tert-OH is 1. The number of aliphatic hydroxyl groups is 1. The van der Waals surface area contributed by atoms with Crippen LogP contribution in [0.4, 0.5) is 0 Å². The molecule has 23 heavy (non-hydrogen) atoms. The van der Waals surface area contributed by atoms with E-state index in [-0.39, 0.29) is 11.1 Å². The summed E-state index contributed by atoms with van der Waals surface area (Å²) >= 11 is 2.29. The third-order valence-corrected chi connectivity index (χ3v) is 11.8. The van der Waals surface area contributed by atoms with Crippen molar-refractivity contribution in [1.82, 2.24) is 0 Å². The molecule has 0 radical (unpaired) electrons. The monoisotopic (exact) mass is 452 g/mol. The zero-order chi connectivity index (χ0) is 17.1. The van der Waals surface area contributed by atoms with Crippen molar-refractivity contribution in [3.05, 3.63) is 9.66 Å². The van der Waals surface area contributed by atoms with Crippen LogP contribution >= 0.6 is 22.6 Å².